The molecule has 4 rings (SSSR count). The molecule has 1 amide bonds. The smallest absolute Gasteiger partial charge is 0.295 e. The van der Waals surface area contributed by atoms with Crippen LogP contribution in [0, 0.1) is 0 Å². The number of morpholine rings is 1. The number of ketones is 1. The summed E-state index contributed by atoms with van der Waals surface area (Å²) in [6.07, 6.45) is 0. The Morgan fingerprint density at radius 2 is 1.76 bits per heavy atom. The van der Waals surface area contributed by atoms with E-state index in [2.05, 4.69) is 4.90 Å². The third-order valence-electron chi connectivity index (χ3n) is 6.15. The number of amides is 1. The second kappa shape index (κ2) is 10.5. The second-order valence-electron chi connectivity index (χ2n) is 8.04. The normalized spacial score (nSPS) is 20.6. The van der Waals surface area contributed by atoms with Crippen molar-refractivity contribution in [2.45, 2.75) is 6.04 Å². The number of halogens is 1. The molecule has 0 saturated carbocycles. The lowest BCUT2D eigenvalue weighted by Gasteiger charge is -2.31. The van der Waals surface area contributed by atoms with Crippen LogP contribution in [0.25, 0.3) is 5.76 Å². The van der Waals surface area contributed by atoms with Gasteiger partial charge in [0.1, 0.15) is 5.76 Å². The summed E-state index contributed by atoms with van der Waals surface area (Å²) in [5.74, 6) is -0.817. The van der Waals surface area contributed by atoms with Crippen LogP contribution in [0.4, 0.5) is 0 Å². The lowest BCUT2D eigenvalue weighted by atomic mass is 9.94. The fourth-order valence-electron chi connectivity index (χ4n) is 4.40. The summed E-state index contributed by atoms with van der Waals surface area (Å²) in [6, 6.07) is 10.9. The summed E-state index contributed by atoms with van der Waals surface area (Å²) in [7, 11) is 3.02. The first-order chi connectivity index (χ1) is 16.5. The van der Waals surface area contributed by atoms with Crippen LogP contribution < -0.4 is 9.47 Å². The Hall–Kier alpha value is -3.07. The molecule has 0 spiro atoms. The van der Waals surface area contributed by atoms with Crippen LogP contribution in [-0.2, 0) is 14.3 Å². The molecule has 2 fully saturated rings. The number of Topliss-reactive ketones (excluding diaryl/α,β-unsaturated/α-hetero) is 1. The number of para-hydroxylation sites is 1. The average molecular weight is 487 g/mol. The predicted octanol–water partition coefficient (Wildman–Crippen LogP) is 3.11. The Kier molecular flexibility index (Phi) is 7.41. The summed E-state index contributed by atoms with van der Waals surface area (Å²) in [5.41, 5.74) is 0.946. The SMILES string of the molecule is COc1cccc(C2/C(=C(/O)c3ccc(Cl)cc3)C(=O)C(=O)N2CCN2CCOCC2)c1OC. The molecule has 2 aliphatic rings. The largest absolute Gasteiger partial charge is 0.507 e. The van der Waals surface area contributed by atoms with Crippen LogP contribution in [0.15, 0.2) is 48.0 Å². The number of nitrogens with zero attached hydrogens (tertiary/aromatic N) is 2. The number of methoxy groups -OCH3 is 2. The van der Waals surface area contributed by atoms with Gasteiger partial charge in [-0.15, -0.1) is 0 Å². The van der Waals surface area contributed by atoms with E-state index in [4.69, 9.17) is 25.8 Å². The maximum absolute atomic E-state index is 13.2. The van der Waals surface area contributed by atoms with E-state index in [1.54, 1.807) is 42.5 Å². The third-order valence-corrected chi connectivity index (χ3v) is 6.40. The summed E-state index contributed by atoms with van der Waals surface area (Å²) in [5, 5.41) is 11.7. The minimum absolute atomic E-state index is 0.000790. The Bertz CT molecular complexity index is 1100. The second-order valence-corrected chi connectivity index (χ2v) is 8.47. The maximum Gasteiger partial charge on any atom is 0.295 e. The first-order valence-electron chi connectivity index (χ1n) is 11.0. The topological polar surface area (TPSA) is 88.5 Å². The van der Waals surface area contributed by atoms with Crippen LogP contribution in [0.5, 0.6) is 11.5 Å². The first kappa shape index (κ1) is 24.1. The molecule has 2 aromatic rings. The van der Waals surface area contributed by atoms with Gasteiger partial charge in [-0.05, 0) is 30.3 Å². The van der Waals surface area contributed by atoms with Gasteiger partial charge in [-0.3, -0.25) is 14.5 Å². The molecule has 2 aromatic carbocycles. The Morgan fingerprint density at radius 3 is 2.41 bits per heavy atom. The zero-order chi connectivity index (χ0) is 24.2. The highest BCUT2D eigenvalue weighted by Gasteiger charge is 2.47. The van der Waals surface area contributed by atoms with Gasteiger partial charge < -0.3 is 24.2 Å². The van der Waals surface area contributed by atoms with Gasteiger partial charge in [0.05, 0.1) is 39.0 Å². The molecule has 0 aliphatic carbocycles. The van der Waals surface area contributed by atoms with E-state index < -0.39 is 17.7 Å². The fraction of sp³-hybridized carbons (Fsp3) is 0.360. The van der Waals surface area contributed by atoms with Crippen molar-refractivity contribution in [3.63, 3.8) is 0 Å². The van der Waals surface area contributed by atoms with Gasteiger partial charge in [-0.2, -0.15) is 0 Å². The molecule has 1 N–H and O–H groups in total. The van der Waals surface area contributed by atoms with Gasteiger partial charge >= 0.3 is 0 Å². The standard InChI is InChI=1S/C25H27ClN2O6/c1-32-19-5-3-4-18(24(19)33-2)21-20(22(29)16-6-8-17(26)9-7-16)23(30)25(31)28(21)11-10-27-12-14-34-15-13-27/h3-9,21,29H,10-15H2,1-2H3/b22-20-. The molecule has 2 aliphatic heterocycles. The molecule has 1 unspecified atom stereocenters. The monoisotopic (exact) mass is 486 g/mol. The summed E-state index contributed by atoms with van der Waals surface area (Å²) in [6.45, 7) is 3.63. The molecular weight excluding hydrogens is 460 g/mol. The van der Waals surface area contributed by atoms with E-state index in [0.717, 1.165) is 13.1 Å². The summed E-state index contributed by atoms with van der Waals surface area (Å²) >= 11 is 5.99. The molecule has 2 saturated heterocycles. The number of carbonyl (C=O) groups is 2. The third kappa shape index (κ3) is 4.61. The summed E-state index contributed by atoms with van der Waals surface area (Å²) in [4.78, 5) is 30.1. The van der Waals surface area contributed by atoms with Crippen LogP contribution in [0.1, 0.15) is 17.2 Å². The Labute approximate surface area is 203 Å². The highest BCUT2D eigenvalue weighted by atomic mass is 35.5. The van der Waals surface area contributed by atoms with Crippen molar-refractivity contribution in [2.75, 3.05) is 53.6 Å². The van der Waals surface area contributed by atoms with Gasteiger partial charge in [0.25, 0.3) is 11.7 Å². The number of benzene rings is 2. The number of hydrogen-bond donors (Lipinski definition) is 1. The maximum atomic E-state index is 13.2. The predicted molar refractivity (Wildman–Crippen MR) is 127 cm³/mol. The van der Waals surface area contributed by atoms with Gasteiger partial charge in [0, 0.05) is 42.3 Å². The zero-order valence-electron chi connectivity index (χ0n) is 19.1. The van der Waals surface area contributed by atoms with Crippen molar-refractivity contribution in [3.05, 3.63) is 64.2 Å². The van der Waals surface area contributed by atoms with Gasteiger partial charge in [0.15, 0.2) is 11.5 Å². The van der Waals surface area contributed by atoms with E-state index in [0.29, 0.717) is 54.0 Å². The van der Waals surface area contributed by atoms with Crippen LogP contribution >= 0.6 is 11.6 Å². The molecule has 0 bridgehead atoms. The highest BCUT2D eigenvalue weighted by Crippen LogP contribution is 2.45. The van der Waals surface area contributed by atoms with Gasteiger partial charge in [-0.1, -0.05) is 23.7 Å². The number of aliphatic hydroxyl groups excluding tert-OH is 1. The highest BCUT2D eigenvalue weighted by molar-refractivity contribution is 6.46. The average Bonchev–Trinajstić information content (AvgIpc) is 3.12. The molecule has 1 atom stereocenters. The van der Waals surface area contributed by atoms with E-state index >= 15 is 0 Å². The quantitative estimate of drug-likeness (QED) is 0.365. The number of aliphatic hydroxyl groups is 1. The lowest BCUT2D eigenvalue weighted by Crippen LogP contribution is -2.42. The number of rotatable bonds is 7. The zero-order valence-corrected chi connectivity index (χ0v) is 19.9. The lowest BCUT2D eigenvalue weighted by molar-refractivity contribution is -0.140. The van der Waals surface area contributed by atoms with Crippen LogP contribution in [-0.4, -0.2) is 80.2 Å². The summed E-state index contributed by atoms with van der Waals surface area (Å²) < 4.78 is 16.5. The van der Waals surface area contributed by atoms with Crippen molar-refractivity contribution in [1.29, 1.82) is 0 Å². The minimum Gasteiger partial charge on any atom is -0.507 e. The molecule has 9 heteroatoms. The van der Waals surface area contributed by atoms with Crippen LogP contribution in [0.2, 0.25) is 5.02 Å². The number of hydrogen-bond acceptors (Lipinski definition) is 7. The minimum atomic E-state index is -0.846. The van der Waals surface area contributed by atoms with E-state index in [9.17, 15) is 14.7 Å². The number of carbonyl (C=O) groups excluding carboxylic acids is 2. The molecule has 8 nitrogen and oxygen atoms in total. The van der Waals surface area contributed by atoms with E-state index in [1.165, 1.54) is 19.1 Å². The van der Waals surface area contributed by atoms with Gasteiger partial charge in [-0.25, -0.2) is 0 Å². The number of likely N-dealkylation sites (tertiary alicyclic amines) is 1. The Morgan fingerprint density at radius 1 is 1.06 bits per heavy atom. The van der Waals surface area contributed by atoms with E-state index in [1.807, 2.05) is 0 Å². The fourth-order valence-corrected chi connectivity index (χ4v) is 4.52. The molecule has 34 heavy (non-hydrogen) atoms. The number of ether oxygens (including phenoxy) is 3. The Balaban J connectivity index is 1.81. The first-order valence-corrected chi connectivity index (χ1v) is 11.4. The molecule has 0 aromatic heterocycles. The molecular formula is C25H27ClN2O6. The van der Waals surface area contributed by atoms with Crippen molar-refractivity contribution in [1.82, 2.24) is 9.80 Å². The van der Waals surface area contributed by atoms with Crippen molar-refractivity contribution in [3.8, 4) is 11.5 Å². The molecule has 0 radical (unpaired) electrons. The molecule has 180 valence electrons. The van der Waals surface area contributed by atoms with Crippen molar-refractivity contribution >= 4 is 29.1 Å². The van der Waals surface area contributed by atoms with Crippen molar-refractivity contribution < 1.29 is 28.9 Å². The van der Waals surface area contributed by atoms with E-state index in [-0.39, 0.29) is 11.3 Å². The van der Waals surface area contributed by atoms with Gasteiger partial charge in [0.2, 0.25) is 0 Å². The van der Waals surface area contributed by atoms with Crippen LogP contribution in [0.3, 0.4) is 0 Å². The van der Waals surface area contributed by atoms with Crippen molar-refractivity contribution in [2.24, 2.45) is 0 Å². The molecule has 2 heterocycles.